The first-order valence-corrected chi connectivity index (χ1v) is 5.99. The van der Waals surface area contributed by atoms with E-state index in [1.165, 1.54) is 7.11 Å². The fraction of sp³-hybridized carbons (Fsp3) is 0.300. The summed E-state index contributed by atoms with van der Waals surface area (Å²) in [5.41, 5.74) is 1.20. The van der Waals surface area contributed by atoms with Crippen molar-refractivity contribution in [1.82, 2.24) is 0 Å². The third kappa shape index (κ3) is 1.51. The van der Waals surface area contributed by atoms with Gasteiger partial charge in [0.15, 0.2) is 11.5 Å². The number of ether oxygens (including phenoxy) is 3. The van der Waals surface area contributed by atoms with Gasteiger partial charge in [0.05, 0.1) is 18.7 Å². The third-order valence-electron chi connectivity index (χ3n) is 2.35. The van der Waals surface area contributed by atoms with Crippen LogP contribution in [0.15, 0.2) is 8.95 Å². The molecule has 0 saturated heterocycles. The van der Waals surface area contributed by atoms with E-state index in [2.05, 4.69) is 31.9 Å². The van der Waals surface area contributed by atoms with Crippen molar-refractivity contribution in [1.29, 1.82) is 0 Å². The zero-order chi connectivity index (χ0) is 11.9. The van der Waals surface area contributed by atoms with Crippen LogP contribution in [0.1, 0.15) is 15.9 Å². The lowest BCUT2D eigenvalue weighted by Gasteiger charge is -2.13. The van der Waals surface area contributed by atoms with Crippen molar-refractivity contribution in [3.05, 3.63) is 20.1 Å². The van der Waals surface area contributed by atoms with Crippen LogP contribution in [0, 0.1) is 0 Å². The van der Waals surface area contributed by atoms with Gasteiger partial charge in [-0.1, -0.05) is 0 Å². The summed E-state index contributed by atoms with van der Waals surface area (Å²) in [6.45, 7) is 0.231. The molecule has 4 nitrogen and oxygen atoms in total. The number of methoxy groups -OCH3 is 2. The Morgan fingerprint density at radius 1 is 1.12 bits per heavy atom. The van der Waals surface area contributed by atoms with Crippen molar-refractivity contribution in [2.45, 2.75) is 6.61 Å². The molecule has 0 aliphatic carbocycles. The summed E-state index contributed by atoms with van der Waals surface area (Å²) in [4.78, 5) is 11.6. The molecule has 0 saturated carbocycles. The predicted octanol–water partition coefficient (Wildman–Crippen LogP) is 2.90. The van der Waals surface area contributed by atoms with Crippen LogP contribution in [0.25, 0.3) is 0 Å². The van der Waals surface area contributed by atoms with Crippen LogP contribution in [-0.4, -0.2) is 20.2 Å². The molecule has 1 aromatic rings. The molecule has 0 atom stereocenters. The van der Waals surface area contributed by atoms with Crippen LogP contribution in [0.2, 0.25) is 0 Å². The van der Waals surface area contributed by atoms with Crippen LogP contribution in [-0.2, 0) is 11.3 Å². The van der Waals surface area contributed by atoms with E-state index in [9.17, 15) is 4.79 Å². The van der Waals surface area contributed by atoms with Gasteiger partial charge in [-0.2, -0.15) is 0 Å². The first-order chi connectivity index (χ1) is 7.61. The van der Waals surface area contributed by atoms with Crippen molar-refractivity contribution < 1.29 is 19.0 Å². The van der Waals surface area contributed by atoms with Gasteiger partial charge in [0.1, 0.15) is 16.6 Å². The van der Waals surface area contributed by atoms with Gasteiger partial charge >= 0.3 is 5.97 Å². The molecule has 1 heterocycles. The summed E-state index contributed by atoms with van der Waals surface area (Å²) in [5.74, 6) is 0.655. The van der Waals surface area contributed by atoms with E-state index in [-0.39, 0.29) is 12.6 Å². The summed E-state index contributed by atoms with van der Waals surface area (Å²) in [6, 6.07) is 0. The molecule has 86 valence electrons. The van der Waals surface area contributed by atoms with E-state index in [0.29, 0.717) is 26.0 Å². The molecule has 0 aromatic heterocycles. The monoisotopic (exact) mass is 350 g/mol. The number of fused-ring (bicyclic) bond motifs is 1. The lowest BCUT2D eigenvalue weighted by Crippen LogP contribution is -2.01. The number of rotatable bonds is 2. The maximum atomic E-state index is 11.6. The molecule has 16 heavy (non-hydrogen) atoms. The van der Waals surface area contributed by atoms with Crippen molar-refractivity contribution >= 4 is 37.8 Å². The molecule has 2 rings (SSSR count). The van der Waals surface area contributed by atoms with Gasteiger partial charge in [-0.25, -0.2) is 4.79 Å². The fourth-order valence-electron chi connectivity index (χ4n) is 1.63. The number of cyclic esters (lactones) is 1. The smallest absolute Gasteiger partial charge is 0.342 e. The van der Waals surface area contributed by atoms with Gasteiger partial charge in [-0.05, 0) is 31.9 Å². The van der Waals surface area contributed by atoms with Gasteiger partial charge in [0.25, 0.3) is 0 Å². The molecule has 0 radical (unpaired) electrons. The lowest BCUT2D eigenvalue weighted by atomic mass is 10.1. The molecule has 0 unspecified atom stereocenters. The Labute approximate surface area is 109 Å². The van der Waals surface area contributed by atoms with E-state index < -0.39 is 0 Å². The summed E-state index contributed by atoms with van der Waals surface area (Å²) in [6.07, 6.45) is 0. The average Bonchev–Trinajstić information content (AvgIpc) is 2.63. The zero-order valence-corrected chi connectivity index (χ0v) is 11.8. The van der Waals surface area contributed by atoms with Crippen molar-refractivity contribution in [2.24, 2.45) is 0 Å². The number of halogens is 2. The Morgan fingerprint density at radius 2 is 1.75 bits per heavy atom. The molecule has 1 aromatic carbocycles. The lowest BCUT2D eigenvalue weighted by molar-refractivity contribution is 0.0532. The highest BCUT2D eigenvalue weighted by Gasteiger charge is 2.32. The number of carbonyl (C=O) groups excluding carboxylic acids is 1. The quantitative estimate of drug-likeness (QED) is 0.768. The summed E-state index contributed by atoms with van der Waals surface area (Å²) >= 11 is 6.74. The van der Waals surface area contributed by atoms with Gasteiger partial charge in [0.2, 0.25) is 0 Å². The number of carbonyl (C=O) groups is 1. The van der Waals surface area contributed by atoms with Crippen LogP contribution < -0.4 is 9.47 Å². The minimum absolute atomic E-state index is 0.231. The number of benzene rings is 1. The molecular formula is C10H8Br2O4. The molecule has 6 heteroatoms. The minimum atomic E-state index is -0.379. The first kappa shape index (κ1) is 11.7. The van der Waals surface area contributed by atoms with E-state index in [1.54, 1.807) is 7.11 Å². The van der Waals surface area contributed by atoms with Crippen molar-refractivity contribution in [2.75, 3.05) is 14.2 Å². The van der Waals surface area contributed by atoms with Crippen molar-refractivity contribution in [3.63, 3.8) is 0 Å². The number of esters is 1. The number of hydrogen-bond donors (Lipinski definition) is 0. The second-order valence-electron chi connectivity index (χ2n) is 3.12. The number of hydrogen-bond acceptors (Lipinski definition) is 4. The van der Waals surface area contributed by atoms with Gasteiger partial charge in [-0.3, -0.25) is 0 Å². The zero-order valence-electron chi connectivity index (χ0n) is 8.60. The molecule has 0 amide bonds. The van der Waals surface area contributed by atoms with Crippen LogP contribution in [0.3, 0.4) is 0 Å². The van der Waals surface area contributed by atoms with Gasteiger partial charge in [-0.15, -0.1) is 0 Å². The highest BCUT2D eigenvalue weighted by molar-refractivity contribution is 9.11. The highest BCUT2D eigenvalue weighted by atomic mass is 79.9. The Bertz CT molecular complexity index is 471. The molecule has 0 bridgehead atoms. The Balaban J connectivity index is 2.80. The largest absolute Gasteiger partial charge is 0.495 e. The second-order valence-corrected chi connectivity index (χ2v) is 4.71. The van der Waals surface area contributed by atoms with E-state index >= 15 is 0 Å². The van der Waals surface area contributed by atoms with E-state index in [1.807, 2.05) is 0 Å². The molecule has 0 spiro atoms. The molecule has 1 aliphatic rings. The second kappa shape index (κ2) is 4.25. The Morgan fingerprint density at radius 3 is 2.31 bits per heavy atom. The molecule has 0 N–H and O–H groups in total. The molecule has 1 aliphatic heterocycles. The van der Waals surface area contributed by atoms with Crippen LogP contribution >= 0.6 is 31.9 Å². The topological polar surface area (TPSA) is 44.8 Å². The maximum absolute atomic E-state index is 11.6. The molecule has 0 fully saturated rings. The van der Waals surface area contributed by atoms with Gasteiger partial charge in [0, 0.05) is 5.56 Å². The highest BCUT2D eigenvalue weighted by Crippen LogP contribution is 2.47. The summed E-state index contributed by atoms with van der Waals surface area (Å²) in [7, 11) is 3.05. The van der Waals surface area contributed by atoms with Crippen LogP contribution in [0.5, 0.6) is 11.5 Å². The average molecular weight is 352 g/mol. The van der Waals surface area contributed by atoms with E-state index in [0.717, 1.165) is 5.56 Å². The summed E-state index contributed by atoms with van der Waals surface area (Å²) in [5, 5.41) is 0. The normalized spacial score (nSPS) is 13.4. The van der Waals surface area contributed by atoms with Gasteiger partial charge < -0.3 is 14.2 Å². The Kier molecular flexibility index (Phi) is 3.12. The van der Waals surface area contributed by atoms with Crippen LogP contribution in [0.4, 0.5) is 0 Å². The molecular weight excluding hydrogens is 344 g/mol. The van der Waals surface area contributed by atoms with Crippen molar-refractivity contribution in [3.8, 4) is 11.5 Å². The fourth-order valence-corrected chi connectivity index (χ4v) is 3.28. The predicted molar refractivity (Wildman–Crippen MR) is 64.1 cm³/mol. The maximum Gasteiger partial charge on any atom is 0.342 e. The minimum Gasteiger partial charge on any atom is -0.495 e. The first-order valence-electron chi connectivity index (χ1n) is 4.40. The third-order valence-corrected chi connectivity index (χ3v) is 3.91. The Hall–Kier alpha value is -0.750. The SMILES string of the molecule is COc1c(Br)c2c(c(OC)c1Br)C(=O)OC2. The summed E-state index contributed by atoms with van der Waals surface area (Å²) < 4.78 is 16.7. The standard InChI is InChI=1S/C10H8Br2O4/c1-14-8-5-4(3-16-10(5)13)6(11)9(15-2)7(8)12/h3H2,1-2H3. The van der Waals surface area contributed by atoms with E-state index in [4.69, 9.17) is 14.2 Å².